The summed E-state index contributed by atoms with van der Waals surface area (Å²) in [6, 6.07) is 0. The molecular weight excluding hydrogens is 636 g/mol. The number of carbonyl (C=O) groups excluding carboxylic acids is 1. The van der Waals surface area contributed by atoms with Gasteiger partial charge in [-0.05, 0) is 44.9 Å². The molecule has 0 spiro atoms. The van der Waals surface area contributed by atoms with Gasteiger partial charge in [-0.3, -0.25) is 4.79 Å². The molecule has 1 aliphatic rings. The molecule has 0 aromatic rings. The fraction of sp³-hybridized carbons (Fsp3) is 0.829. The Morgan fingerprint density at radius 2 is 1.22 bits per heavy atom. The van der Waals surface area contributed by atoms with Crippen LogP contribution in [0.15, 0.2) is 36.5 Å². The number of hydrogen-bond acceptors (Lipinski definition) is 9. The first-order valence-electron chi connectivity index (χ1n) is 20.1. The van der Waals surface area contributed by atoms with Gasteiger partial charge in [0, 0.05) is 13.0 Å². The molecule has 1 fully saturated rings. The van der Waals surface area contributed by atoms with Gasteiger partial charge in [-0.25, -0.2) is 0 Å². The molecule has 4 N–H and O–H groups in total. The second-order valence-corrected chi connectivity index (χ2v) is 13.7. The predicted octanol–water partition coefficient (Wildman–Crippen LogP) is 8.02. The molecule has 6 unspecified atom stereocenters. The average molecular weight is 711 g/mol. The molecule has 9 nitrogen and oxygen atoms in total. The molecule has 1 heterocycles. The van der Waals surface area contributed by atoms with Gasteiger partial charge in [0.05, 0.1) is 19.8 Å². The molecule has 9 heteroatoms. The van der Waals surface area contributed by atoms with Crippen molar-refractivity contribution in [1.82, 2.24) is 0 Å². The van der Waals surface area contributed by atoms with Crippen molar-refractivity contribution in [2.24, 2.45) is 0 Å². The summed E-state index contributed by atoms with van der Waals surface area (Å²) in [6.07, 6.45) is 30.3. The summed E-state index contributed by atoms with van der Waals surface area (Å²) < 4.78 is 22.7. The lowest BCUT2D eigenvalue weighted by Crippen LogP contribution is -2.59. The van der Waals surface area contributed by atoms with Crippen molar-refractivity contribution < 1.29 is 44.2 Å². The Kier molecular flexibility index (Phi) is 30.9. The summed E-state index contributed by atoms with van der Waals surface area (Å²) in [6.45, 7) is 4.40. The fourth-order valence-electron chi connectivity index (χ4n) is 5.92. The van der Waals surface area contributed by atoms with Crippen molar-refractivity contribution >= 4 is 5.97 Å². The molecule has 0 aliphatic carbocycles. The molecule has 0 aromatic carbocycles. The molecule has 0 aromatic heterocycles. The first-order chi connectivity index (χ1) is 24.4. The second-order valence-electron chi connectivity index (χ2n) is 13.7. The van der Waals surface area contributed by atoms with E-state index in [-0.39, 0.29) is 19.2 Å². The molecule has 50 heavy (non-hydrogen) atoms. The van der Waals surface area contributed by atoms with Crippen LogP contribution in [0.4, 0.5) is 0 Å². The zero-order chi connectivity index (χ0) is 36.5. The summed E-state index contributed by atoms with van der Waals surface area (Å²) in [4.78, 5) is 12.7. The van der Waals surface area contributed by atoms with Crippen LogP contribution in [0.5, 0.6) is 0 Å². The summed E-state index contributed by atoms with van der Waals surface area (Å²) in [5.41, 5.74) is 0. The molecule has 1 rings (SSSR count). The standard InChI is InChI=1S/C41H74O9/c1-3-5-7-9-11-13-14-15-16-17-18-19-20-21-23-25-27-29-31-47-33-35(34-48-41-40(46)39(45)38(44)36(32-42)50-41)49-37(43)30-28-26-24-22-12-10-8-6-4-2/h5,7,11,13,15-16,35-36,38-42,44-46H,3-4,6,8-10,12,14,17-34H2,1-2H3/b7-5-,13-11-,16-15-. The lowest BCUT2D eigenvalue weighted by molar-refractivity contribution is -0.305. The summed E-state index contributed by atoms with van der Waals surface area (Å²) >= 11 is 0. The van der Waals surface area contributed by atoms with E-state index in [1.165, 1.54) is 77.0 Å². The second kappa shape index (κ2) is 33.3. The van der Waals surface area contributed by atoms with Crippen molar-refractivity contribution in [3.63, 3.8) is 0 Å². The largest absolute Gasteiger partial charge is 0.457 e. The average Bonchev–Trinajstić information content (AvgIpc) is 3.11. The number of unbranched alkanes of at least 4 members (excludes halogenated alkanes) is 16. The fourth-order valence-corrected chi connectivity index (χ4v) is 5.92. The number of aliphatic hydroxyl groups excluding tert-OH is 4. The first-order valence-corrected chi connectivity index (χ1v) is 20.1. The Balaban J connectivity index is 2.27. The van der Waals surface area contributed by atoms with Crippen molar-refractivity contribution in [2.75, 3.05) is 26.4 Å². The van der Waals surface area contributed by atoms with Crippen molar-refractivity contribution in [2.45, 2.75) is 192 Å². The molecule has 6 atom stereocenters. The van der Waals surface area contributed by atoms with Gasteiger partial charge >= 0.3 is 5.97 Å². The van der Waals surface area contributed by atoms with Gasteiger partial charge in [0.1, 0.15) is 30.5 Å². The van der Waals surface area contributed by atoms with Crippen LogP contribution in [0.3, 0.4) is 0 Å². The van der Waals surface area contributed by atoms with E-state index >= 15 is 0 Å². The van der Waals surface area contributed by atoms with E-state index in [1.807, 2.05) is 0 Å². The normalized spacial score (nSPS) is 21.9. The Bertz CT molecular complexity index is 859. The number of esters is 1. The van der Waals surface area contributed by atoms with Gasteiger partial charge in [0.15, 0.2) is 6.29 Å². The highest BCUT2D eigenvalue weighted by molar-refractivity contribution is 5.69. The lowest BCUT2D eigenvalue weighted by Gasteiger charge is -2.39. The third kappa shape index (κ3) is 24.6. The van der Waals surface area contributed by atoms with Gasteiger partial charge in [-0.15, -0.1) is 0 Å². The molecular formula is C41H74O9. The van der Waals surface area contributed by atoms with Gasteiger partial charge < -0.3 is 39.4 Å². The highest BCUT2D eigenvalue weighted by atomic mass is 16.7. The molecule has 0 radical (unpaired) electrons. The highest BCUT2D eigenvalue weighted by Crippen LogP contribution is 2.22. The van der Waals surface area contributed by atoms with Crippen LogP contribution in [-0.4, -0.2) is 89.6 Å². The quantitative estimate of drug-likeness (QED) is 0.0303. The Morgan fingerprint density at radius 1 is 0.660 bits per heavy atom. The number of hydrogen-bond donors (Lipinski definition) is 4. The number of carbonyl (C=O) groups is 1. The van der Waals surface area contributed by atoms with Crippen LogP contribution in [0.25, 0.3) is 0 Å². The Hall–Kier alpha value is -1.59. The number of allylic oxidation sites excluding steroid dienone is 6. The van der Waals surface area contributed by atoms with Crippen LogP contribution in [0, 0.1) is 0 Å². The van der Waals surface area contributed by atoms with E-state index in [4.69, 9.17) is 18.9 Å². The monoisotopic (exact) mass is 711 g/mol. The van der Waals surface area contributed by atoms with E-state index in [9.17, 15) is 25.2 Å². The van der Waals surface area contributed by atoms with Crippen LogP contribution in [-0.2, 0) is 23.7 Å². The summed E-state index contributed by atoms with van der Waals surface area (Å²) in [5.74, 6) is -0.321. The Labute approximate surface area is 304 Å². The van der Waals surface area contributed by atoms with E-state index in [0.29, 0.717) is 13.0 Å². The first kappa shape index (κ1) is 46.4. The van der Waals surface area contributed by atoms with E-state index in [2.05, 4.69) is 50.3 Å². The molecule has 1 aliphatic heterocycles. The smallest absolute Gasteiger partial charge is 0.306 e. The van der Waals surface area contributed by atoms with Crippen molar-refractivity contribution in [3.8, 4) is 0 Å². The third-order valence-electron chi connectivity index (χ3n) is 9.07. The van der Waals surface area contributed by atoms with Crippen LogP contribution in [0.1, 0.15) is 155 Å². The zero-order valence-corrected chi connectivity index (χ0v) is 31.6. The molecule has 0 saturated carbocycles. The van der Waals surface area contributed by atoms with Gasteiger partial charge in [-0.1, -0.05) is 140 Å². The van der Waals surface area contributed by atoms with Crippen LogP contribution < -0.4 is 0 Å². The van der Waals surface area contributed by atoms with Crippen molar-refractivity contribution in [3.05, 3.63) is 36.5 Å². The maximum absolute atomic E-state index is 12.7. The topological polar surface area (TPSA) is 135 Å². The van der Waals surface area contributed by atoms with E-state index in [1.54, 1.807) is 0 Å². The number of ether oxygens (including phenoxy) is 4. The Morgan fingerprint density at radius 3 is 1.84 bits per heavy atom. The van der Waals surface area contributed by atoms with Crippen LogP contribution >= 0.6 is 0 Å². The summed E-state index contributed by atoms with van der Waals surface area (Å²) in [7, 11) is 0. The SMILES string of the molecule is CC/C=C\C/C=C\C/C=C\CCCCCCCCCCOCC(COC1OC(CO)C(O)C(O)C1O)OC(=O)CCCCCCCCCCC. The van der Waals surface area contributed by atoms with Gasteiger partial charge in [-0.2, -0.15) is 0 Å². The lowest BCUT2D eigenvalue weighted by atomic mass is 9.99. The molecule has 0 amide bonds. The van der Waals surface area contributed by atoms with E-state index < -0.39 is 43.4 Å². The van der Waals surface area contributed by atoms with Crippen molar-refractivity contribution in [1.29, 1.82) is 0 Å². The van der Waals surface area contributed by atoms with Gasteiger partial charge in [0.2, 0.25) is 0 Å². The zero-order valence-electron chi connectivity index (χ0n) is 31.6. The molecule has 1 saturated heterocycles. The van der Waals surface area contributed by atoms with Gasteiger partial charge in [0.25, 0.3) is 0 Å². The van der Waals surface area contributed by atoms with E-state index in [0.717, 1.165) is 57.8 Å². The minimum Gasteiger partial charge on any atom is -0.457 e. The molecule has 292 valence electrons. The number of aliphatic hydroxyl groups is 4. The molecule has 0 bridgehead atoms. The maximum Gasteiger partial charge on any atom is 0.306 e. The minimum absolute atomic E-state index is 0.115. The van der Waals surface area contributed by atoms with Crippen LogP contribution in [0.2, 0.25) is 0 Å². The third-order valence-corrected chi connectivity index (χ3v) is 9.07. The predicted molar refractivity (Wildman–Crippen MR) is 201 cm³/mol. The maximum atomic E-state index is 12.7. The summed E-state index contributed by atoms with van der Waals surface area (Å²) in [5, 5.41) is 39.9. The number of rotatable bonds is 33. The highest BCUT2D eigenvalue weighted by Gasteiger charge is 2.44. The minimum atomic E-state index is -1.53.